The van der Waals surface area contributed by atoms with E-state index in [0.717, 1.165) is 12.1 Å². The Bertz CT molecular complexity index is 1230. The fourth-order valence-corrected chi connectivity index (χ4v) is 4.87. The Labute approximate surface area is 205 Å². The van der Waals surface area contributed by atoms with E-state index in [-0.39, 0.29) is 5.91 Å². The Morgan fingerprint density at radius 1 is 1.24 bits per heavy atom. The molecule has 7 nitrogen and oxygen atoms in total. The summed E-state index contributed by atoms with van der Waals surface area (Å²) in [4.78, 5) is 18.8. The Kier molecular flexibility index (Phi) is 6.73. The molecule has 9 heteroatoms. The molecule has 4 heterocycles. The number of rotatable bonds is 7. The first kappa shape index (κ1) is 24.6. The molecular weight excluding hydrogens is 447 g/mol. The summed E-state index contributed by atoms with van der Waals surface area (Å²) in [6.45, 7) is 14.8. The molecule has 0 bridgehead atoms. The van der Waals surface area contributed by atoms with Crippen molar-refractivity contribution in [1.29, 1.82) is 0 Å². The summed E-state index contributed by atoms with van der Waals surface area (Å²) in [5.41, 5.74) is 4.16. The largest absolute Gasteiger partial charge is 0.516 e. The molecule has 1 N–H and O–H groups in total. The molecule has 1 amide bonds. The average molecular weight is 480 g/mol. The van der Waals surface area contributed by atoms with E-state index in [4.69, 9.17) is 14.4 Å². The van der Waals surface area contributed by atoms with Crippen LogP contribution in [0, 0.1) is 0 Å². The van der Waals surface area contributed by atoms with Gasteiger partial charge in [-0.25, -0.2) is 9.50 Å². The number of hydrogen-bond donors (Lipinski definition) is 1. The van der Waals surface area contributed by atoms with E-state index in [0.29, 0.717) is 29.9 Å². The maximum atomic E-state index is 12.9. The van der Waals surface area contributed by atoms with Crippen LogP contribution in [0.15, 0.2) is 29.7 Å². The zero-order chi connectivity index (χ0) is 24.7. The molecule has 3 aromatic heterocycles. The molecule has 3 aromatic rings. The SMILES string of the molecule is C/C=C(/C)c1ccsc1CCNC(=O)c1cc(CC)n2nc(B3OC(C)(C)C(C)(C)O3)cc2n1. The van der Waals surface area contributed by atoms with Crippen molar-refractivity contribution in [2.45, 2.75) is 72.5 Å². The second-order valence-corrected chi connectivity index (χ2v) is 10.6. The van der Waals surface area contributed by atoms with Crippen LogP contribution in [-0.4, -0.2) is 45.4 Å². The summed E-state index contributed by atoms with van der Waals surface area (Å²) in [5, 5.41) is 9.82. The van der Waals surface area contributed by atoms with Gasteiger partial charge in [0.1, 0.15) is 5.69 Å². The number of fused-ring (bicyclic) bond motifs is 1. The number of carbonyl (C=O) groups is 1. The Morgan fingerprint density at radius 2 is 1.94 bits per heavy atom. The number of amides is 1. The van der Waals surface area contributed by atoms with Crippen LogP contribution in [0.4, 0.5) is 0 Å². The molecule has 0 atom stereocenters. The van der Waals surface area contributed by atoms with E-state index < -0.39 is 18.3 Å². The van der Waals surface area contributed by atoms with Crippen molar-refractivity contribution in [3.8, 4) is 0 Å². The van der Waals surface area contributed by atoms with E-state index in [1.807, 2.05) is 53.7 Å². The number of hydrogen-bond acceptors (Lipinski definition) is 6. The minimum absolute atomic E-state index is 0.184. The Balaban J connectivity index is 1.51. The van der Waals surface area contributed by atoms with E-state index >= 15 is 0 Å². The van der Waals surface area contributed by atoms with Gasteiger partial charge in [-0.3, -0.25) is 4.79 Å². The zero-order valence-electron chi connectivity index (χ0n) is 21.1. The third-order valence-corrected chi connectivity index (χ3v) is 7.83. The van der Waals surface area contributed by atoms with Crippen molar-refractivity contribution in [3.05, 3.63) is 51.5 Å². The van der Waals surface area contributed by atoms with Gasteiger partial charge in [-0.05, 0) is 83.0 Å². The molecule has 1 fully saturated rings. The molecule has 0 aliphatic carbocycles. The predicted molar refractivity (Wildman–Crippen MR) is 138 cm³/mol. The zero-order valence-corrected chi connectivity index (χ0v) is 21.9. The van der Waals surface area contributed by atoms with Gasteiger partial charge < -0.3 is 14.6 Å². The van der Waals surface area contributed by atoms with Crippen molar-refractivity contribution in [3.63, 3.8) is 0 Å². The van der Waals surface area contributed by atoms with Gasteiger partial charge in [0.2, 0.25) is 0 Å². The lowest BCUT2D eigenvalue weighted by Gasteiger charge is -2.32. The maximum Gasteiger partial charge on any atom is 0.516 e. The van der Waals surface area contributed by atoms with Crippen molar-refractivity contribution in [2.24, 2.45) is 0 Å². The minimum Gasteiger partial charge on any atom is -0.398 e. The van der Waals surface area contributed by atoms with E-state index in [2.05, 4.69) is 34.7 Å². The van der Waals surface area contributed by atoms with Gasteiger partial charge in [0.05, 0.1) is 16.8 Å². The van der Waals surface area contributed by atoms with Crippen LogP contribution < -0.4 is 10.9 Å². The lowest BCUT2D eigenvalue weighted by atomic mass is 9.85. The van der Waals surface area contributed by atoms with Crippen LogP contribution in [-0.2, 0) is 22.2 Å². The van der Waals surface area contributed by atoms with Crippen molar-refractivity contribution >= 4 is 41.2 Å². The minimum atomic E-state index is -0.575. The van der Waals surface area contributed by atoms with Gasteiger partial charge >= 0.3 is 7.12 Å². The van der Waals surface area contributed by atoms with E-state index in [9.17, 15) is 4.79 Å². The van der Waals surface area contributed by atoms with Gasteiger partial charge in [0.15, 0.2) is 5.65 Å². The van der Waals surface area contributed by atoms with Crippen LogP contribution in [0.25, 0.3) is 11.2 Å². The average Bonchev–Trinajstić information content (AvgIpc) is 3.48. The summed E-state index contributed by atoms with van der Waals surface area (Å²) < 4.78 is 14.1. The topological polar surface area (TPSA) is 77.8 Å². The van der Waals surface area contributed by atoms with Crippen molar-refractivity contribution in [1.82, 2.24) is 19.9 Å². The van der Waals surface area contributed by atoms with Crippen LogP contribution in [0.3, 0.4) is 0 Å². The first-order valence-corrected chi connectivity index (χ1v) is 12.7. The van der Waals surface area contributed by atoms with Crippen molar-refractivity contribution in [2.75, 3.05) is 6.54 Å². The second-order valence-electron chi connectivity index (χ2n) is 9.65. The number of allylic oxidation sites excluding steroid dienone is 2. The third kappa shape index (κ3) is 4.56. The highest BCUT2D eigenvalue weighted by atomic mass is 32.1. The number of carbonyl (C=O) groups excluding carboxylic acids is 1. The first-order valence-electron chi connectivity index (χ1n) is 11.8. The molecule has 0 unspecified atom stereocenters. The summed E-state index contributed by atoms with van der Waals surface area (Å²) in [7, 11) is -0.575. The summed E-state index contributed by atoms with van der Waals surface area (Å²) in [6, 6.07) is 5.79. The number of aromatic nitrogens is 3. The van der Waals surface area contributed by atoms with Gasteiger partial charge in [-0.1, -0.05) is 13.0 Å². The molecule has 34 heavy (non-hydrogen) atoms. The number of thiophene rings is 1. The van der Waals surface area contributed by atoms with Crippen LogP contribution in [0.2, 0.25) is 0 Å². The number of nitrogens with one attached hydrogen (secondary N) is 1. The summed E-state index contributed by atoms with van der Waals surface area (Å²) >= 11 is 1.72. The van der Waals surface area contributed by atoms with Crippen LogP contribution in [0.5, 0.6) is 0 Å². The number of nitrogens with zero attached hydrogens (tertiary/aromatic N) is 3. The van der Waals surface area contributed by atoms with Crippen LogP contribution >= 0.6 is 11.3 Å². The lowest BCUT2D eigenvalue weighted by Crippen LogP contribution is -2.41. The number of aryl methyl sites for hydroxylation is 1. The molecular formula is C25H33BN4O3S. The second kappa shape index (κ2) is 9.28. The molecule has 1 saturated heterocycles. The molecule has 1 aliphatic heterocycles. The standard InChI is InChI=1S/C25H33BN4O3S/c1-8-16(3)18-11-13-34-20(18)10-12-27-23(31)19-14-17(9-2)30-22(28-19)15-21(29-30)26-32-24(4,5)25(6,7)33-26/h8,11,13-15H,9-10,12H2,1-7H3,(H,27,31)/b16-8-. The summed E-state index contributed by atoms with van der Waals surface area (Å²) in [5.74, 6) is -0.184. The van der Waals surface area contributed by atoms with Gasteiger partial charge in [0, 0.05) is 23.2 Å². The monoisotopic (exact) mass is 480 g/mol. The molecule has 0 radical (unpaired) electrons. The highest BCUT2D eigenvalue weighted by molar-refractivity contribution is 7.10. The summed E-state index contributed by atoms with van der Waals surface area (Å²) in [6.07, 6.45) is 3.61. The highest BCUT2D eigenvalue weighted by Crippen LogP contribution is 2.36. The lowest BCUT2D eigenvalue weighted by molar-refractivity contribution is 0.00578. The van der Waals surface area contributed by atoms with E-state index in [1.54, 1.807) is 15.9 Å². The van der Waals surface area contributed by atoms with Crippen molar-refractivity contribution < 1.29 is 14.1 Å². The molecule has 0 spiro atoms. The van der Waals surface area contributed by atoms with Gasteiger partial charge in [-0.15, -0.1) is 11.3 Å². The van der Waals surface area contributed by atoms with E-state index in [1.165, 1.54) is 16.0 Å². The maximum absolute atomic E-state index is 12.9. The molecule has 0 saturated carbocycles. The van der Waals surface area contributed by atoms with Gasteiger partial charge in [-0.2, -0.15) is 5.10 Å². The fraction of sp³-hybridized carbons (Fsp3) is 0.480. The molecule has 4 rings (SSSR count). The Morgan fingerprint density at radius 3 is 2.59 bits per heavy atom. The third-order valence-electron chi connectivity index (χ3n) is 6.85. The Hall–Kier alpha value is -2.49. The highest BCUT2D eigenvalue weighted by Gasteiger charge is 2.52. The smallest absolute Gasteiger partial charge is 0.398 e. The molecule has 0 aromatic carbocycles. The fourth-order valence-electron chi connectivity index (χ4n) is 3.92. The van der Waals surface area contributed by atoms with Crippen LogP contribution in [0.1, 0.15) is 75.1 Å². The normalized spacial score (nSPS) is 17.5. The molecule has 180 valence electrons. The predicted octanol–water partition coefficient (Wildman–Crippen LogP) is 4.05. The molecule has 1 aliphatic rings. The first-order chi connectivity index (χ1) is 16.1. The quantitative estimate of drug-likeness (QED) is 0.517. The van der Waals surface area contributed by atoms with Gasteiger partial charge in [0.25, 0.3) is 5.91 Å².